The van der Waals surface area contributed by atoms with E-state index in [4.69, 9.17) is 32.2 Å². The van der Waals surface area contributed by atoms with Gasteiger partial charge < -0.3 is 4.42 Å². The first-order valence-corrected chi connectivity index (χ1v) is 18.4. The maximum atomic E-state index is 9.46. The number of aromatic nitrogens is 3. The molecule has 8 aromatic carbocycles. The second-order valence-corrected chi connectivity index (χ2v) is 14.0. The molecule has 262 valence electrons. The lowest BCUT2D eigenvalue weighted by molar-refractivity contribution is 0.669. The number of thiophene rings is 1. The Morgan fingerprint density at radius 3 is 1.93 bits per heavy atom. The van der Waals surface area contributed by atoms with E-state index in [1.807, 2.05) is 54.6 Å². The van der Waals surface area contributed by atoms with E-state index in [1.165, 1.54) is 0 Å². The molecule has 0 spiro atoms. The Labute approximate surface area is 346 Å². The molecule has 11 aromatic rings. The molecule has 0 bridgehead atoms. The smallest absolute Gasteiger partial charge is 0.167 e. The summed E-state index contributed by atoms with van der Waals surface area (Å²) in [5, 5.41) is 3.56. The van der Waals surface area contributed by atoms with Crippen LogP contribution in [-0.4, -0.2) is 15.0 Å². The Kier molecular flexibility index (Phi) is 4.98. The summed E-state index contributed by atoms with van der Waals surface area (Å²) in [6.45, 7) is 0. The van der Waals surface area contributed by atoms with Gasteiger partial charge in [0.15, 0.2) is 17.5 Å². The molecule has 0 saturated carbocycles. The van der Waals surface area contributed by atoms with Gasteiger partial charge in [0, 0.05) is 42.1 Å². The van der Waals surface area contributed by atoms with Crippen LogP contribution in [0.2, 0.25) is 0 Å². The van der Waals surface area contributed by atoms with Crippen LogP contribution in [0.25, 0.3) is 110 Å². The zero-order valence-electron chi connectivity index (χ0n) is 43.0. The molecule has 0 atom stereocenters. The molecular formula is C51H31N3OS. The summed E-state index contributed by atoms with van der Waals surface area (Å²) < 4.78 is 130. The molecular weight excluding hydrogens is 703 g/mol. The van der Waals surface area contributed by atoms with Crippen molar-refractivity contribution in [3.63, 3.8) is 0 Å². The van der Waals surface area contributed by atoms with Crippen LogP contribution >= 0.6 is 11.3 Å². The molecule has 11 rings (SSSR count). The summed E-state index contributed by atoms with van der Waals surface area (Å²) in [5.74, 6) is -1.14. The summed E-state index contributed by atoms with van der Waals surface area (Å²) >= 11 is 1.70. The average Bonchev–Trinajstić information content (AvgIpc) is 3.95. The SMILES string of the molecule is [2H]c1c([2H])c([2H])c(-c2nc(-c3c([2H])c([2H])c([2H])c(-c4c([2H])c([2H])c([2H])c([2H])c4[2H])c3[2H])nc(-c3cccc4c3oc3cccc(-c5cc(-c6ccccc6)cc6sc7ccccc7c56)c34)n2)c([2H])c1[2H]. The van der Waals surface area contributed by atoms with Crippen LogP contribution in [0.5, 0.6) is 0 Å². The molecule has 0 amide bonds. The van der Waals surface area contributed by atoms with E-state index in [-0.39, 0.29) is 11.4 Å². The summed E-state index contributed by atoms with van der Waals surface area (Å²) in [6, 6.07) is 23.7. The van der Waals surface area contributed by atoms with Gasteiger partial charge >= 0.3 is 0 Å². The maximum Gasteiger partial charge on any atom is 0.167 e. The zero-order chi connectivity index (χ0) is 49.2. The molecule has 3 heterocycles. The summed E-state index contributed by atoms with van der Waals surface area (Å²) in [5.41, 5.74) is 2.87. The van der Waals surface area contributed by atoms with Gasteiger partial charge in [-0.15, -0.1) is 11.3 Å². The van der Waals surface area contributed by atoms with Crippen LogP contribution in [0, 0.1) is 0 Å². The lowest BCUT2D eigenvalue weighted by atomic mass is 9.92. The Morgan fingerprint density at radius 2 is 1.09 bits per heavy atom. The number of nitrogens with zero attached hydrogens (tertiary/aromatic N) is 3. The molecule has 0 N–H and O–H groups in total. The standard InChI is InChI=1S/C51H31N3OS/c1-4-15-32(16-5-1)35-21-12-22-36(29-35)50-52-49(34-19-8-3-9-20-34)53-51(54-50)41-26-13-25-40-46-38(24-14-27-43(46)55-48(40)41)42-30-37(33-17-6-2-7-18-33)31-45-47(42)39-23-10-11-28-44(39)56-45/h1-31H/i1D,3D,4D,5D,8D,9D,12D,15D,16D,19D,20D,21D,22D,29D. The van der Waals surface area contributed by atoms with E-state index in [0.29, 0.717) is 16.6 Å². The van der Waals surface area contributed by atoms with Gasteiger partial charge in [-0.1, -0.05) is 151 Å². The first kappa shape index (κ1) is 21.0. The third-order valence-corrected chi connectivity index (χ3v) is 10.7. The van der Waals surface area contributed by atoms with E-state index in [2.05, 4.69) is 41.4 Å². The summed E-state index contributed by atoms with van der Waals surface area (Å²) in [6.07, 6.45) is 0. The molecule has 0 unspecified atom stereocenters. The quantitative estimate of drug-likeness (QED) is 0.170. The van der Waals surface area contributed by atoms with Crippen molar-refractivity contribution in [2.24, 2.45) is 0 Å². The molecule has 0 aliphatic rings. The van der Waals surface area contributed by atoms with E-state index in [0.717, 1.165) is 47.8 Å². The van der Waals surface area contributed by atoms with Crippen LogP contribution in [0.1, 0.15) is 19.2 Å². The molecule has 0 aliphatic heterocycles. The number of para-hydroxylation sites is 1. The number of hydrogen-bond donors (Lipinski definition) is 0. The van der Waals surface area contributed by atoms with Crippen molar-refractivity contribution < 1.29 is 23.6 Å². The lowest BCUT2D eigenvalue weighted by Gasteiger charge is -2.11. The highest BCUT2D eigenvalue weighted by atomic mass is 32.1. The van der Waals surface area contributed by atoms with Crippen molar-refractivity contribution in [3.05, 3.63) is 188 Å². The molecule has 0 saturated heterocycles. The van der Waals surface area contributed by atoms with Crippen LogP contribution in [0.3, 0.4) is 0 Å². The highest BCUT2D eigenvalue weighted by Gasteiger charge is 2.22. The third kappa shape index (κ3) is 5.48. The van der Waals surface area contributed by atoms with Gasteiger partial charge in [0.2, 0.25) is 0 Å². The highest BCUT2D eigenvalue weighted by molar-refractivity contribution is 7.26. The lowest BCUT2D eigenvalue weighted by Crippen LogP contribution is -2.00. The summed E-state index contributed by atoms with van der Waals surface area (Å²) in [4.78, 5) is 14.0. The fourth-order valence-electron chi connectivity index (χ4n) is 7.15. The molecule has 0 fully saturated rings. The minimum atomic E-state index is -0.783. The minimum Gasteiger partial charge on any atom is -0.455 e. The average molecular weight is 748 g/mol. The molecule has 56 heavy (non-hydrogen) atoms. The predicted octanol–water partition coefficient (Wildman–Crippen LogP) is 14.1. The minimum absolute atomic E-state index is 0.181. The third-order valence-electron chi connectivity index (χ3n) is 9.60. The second-order valence-electron chi connectivity index (χ2n) is 12.9. The van der Waals surface area contributed by atoms with Gasteiger partial charge in [0.05, 0.1) is 24.8 Å². The molecule has 5 heteroatoms. The van der Waals surface area contributed by atoms with Crippen molar-refractivity contribution in [3.8, 4) is 67.5 Å². The first-order valence-electron chi connectivity index (χ1n) is 24.5. The largest absolute Gasteiger partial charge is 0.455 e. The number of fused-ring (bicyclic) bond motifs is 6. The number of benzene rings is 8. The van der Waals surface area contributed by atoms with E-state index in [9.17, 15) is 1.37 Å². The second kappa shape index (κ2) is 13.3. The molecule has 3 aromatic heterocycles. The van der Waals surface area contributed by atoms with Gasteiger partial charge in [-0.3, -0.25) is 0 Å². The highest BCUT2D eigenvalue weighted by Crippen LogP contribution is 2.47. The molecule has 4 nitrogen and oxygen atoms in total. The Hall–Kier alpha value is -7.21. The van der Waals surface area contributed by atoms with Crippen LogP contribution in [0.15, 0.2) is 192 Å². The van der Waals surface area contributed by atoms with Gasteiger partial charge in [-0.2, -0.15) is 0 Å². The Morgan fingerprint density at radius 1 is 0.429 bits per heavy atom. The van der Waals surface area contributed by atoms with Crippen molar-refractivity contribution in [2.45, 2.75) is 0 Å². The normalized spacial score (nSPS) is 15.1. The predicted molar refractivity (Wildman–Crippen MR) is 233 cm³/mol. The Bertz CT molecular complexity index is 4020. The van der Waals surface area contributed by atoms with Crippen LogP contribution < -0.4 is 0 Å². The van der Waals surface area contributed by atoms with Crippen LogP contribution in [-0.2, 0) is 0 Å². The van der Waals surface area contributed by atoms with Gasteiger partial charge in [0.25, 0.3) is 0 Å². The van der Waals surface area contributed by atoms with Crippen molar-refractivity contribution in [1.29, 1.82) is 0 Å². The zero-order valence-corrected chi connectivity index (χ0v) is 29.8. The maximum absolute atomic E-state index is 9.46. The monoisotopic (exact) mass is 747 g/mol. The van der Waals surface area contributed by atoms with Gasteiger partial charge in [-0.25, -0.2) is 15.0 Å². The molecule has 0 radical (unpaired) electrons. The van der Waals surface area contributed by atoms with E-state index >= 15 is 0 Å². The summed E-state index contributed by atoms with van der Waals surface area (Å²) in [7, 11) is 0. The fraction of sp³-hybridized carbons (Fsp3) is 0. The van der Waals surface area contributed by atoms with Crippen molar-refractivity contribution >= 4 is 53.4 Å². The van der Waals surface area contributed by atoms with E-state index < -0.39 is 118 Å². The molecule has 0 aliphatic carbocycles. The topological polar surface area (TPSA) is 51.8 Å². The van der Waals surface area contributed by atoms with Gasteiger partial charge in [-0.05, 0) is 69.8 Å². The fourth-order valence-corrected chi connectivity index (χ4v) is 8.32. The van der Waals surface area contributed by atoms with Crippen molar-refractivity contribution in [2.75, 3.05) is 0 Å². The Balaban J connectivity index is 1.21. The first-order chi connectivity index (χ1) is 33.6. The van der Waals surface area contributed by atoms with Gasteiger partial charge in [0.1, 0.15) is 11.2 Å². The number of rotatable bonds is 6. The van der Waals surface area contributed by atoms with Crippen LogP contribution in [0.4, 0.5) is 0 Å². The number of hydrogen-bond acceptors (Lipinski definition) is 5. The van der Waals surface area contributed by atoms with E-state index in [1.54, 1.807) is 23.5 Å². The van der Waals surface area contributed by atoms with Crippen molar-refractivity contribution in [1.82, 2.24) is 15.0 Å². The number of furan rings is 1.